The highest BCUT2D eigenvalue weighted by Gasteiger charge is 2.24. The maximum absolute atomic E-state index is 13.4. The van der Waals surface area contributed by atoms with Gasteiger partial charge in [0, 0.05) is 45.6 Å². The van der Waals surface area contributed by atoms with Crippen molar-refractivity contribution in [1.29, 1.82) is 0 Å². The highest BCUT2D eigenvalue weighted by molar-refractivity contribution is 5.91. The van der Waals surface area contributed by atoms with Crippen molar-refractivity contribution in [2.45, 2.75) is 20.8 Å². The summed E-state index contributed by atoms with van der Waals surface area (Å²) in [5.74, 6) is -3.47. The van der Waals surface area contributed by atoms with Gasteiger partial charge in [-0.25, -0.2) is 0 Å². The van der Waals surface area contributed by atoms with Crippen molar-refractivity contribution in [3.8, 4) is 40.1 Å². The van der Waals surface area contributed by atoms with E-state index in [9.17, 15) is 24.3 Å². The summed E-state index contributed by atoms with van der Waals surface area (Å²) in [6.45, 7) is 3.26. The zero-order valence-corrected chi connectivity index (χ0v) is 18.6. The van der Waals surface area contributed by atoms with Crippen molar-refractivity contribution in [3.63, 3.8) is 0 Å². The van der Waals surface area contributed by atoms with Crippen molar-refractivity contribution >= 4 is 28.9 Å². The van der Waals surface area contributed by atoms with Crippen molar-refractivity contribution < 1.29 is 47.6 Å². The Hall–Kier alpha value is -4.38. The molecule has 0 saturated carbocycles. The molecular weight excluding hydrogens is 452 g/mol. The quantitative estimate of drug-likeness (QED) is 0.307. The zero-order chi connectivity index (χ0) is 25.0. The van der Waals surface area contributed by atoms with Gasteiger partial charge in [-0.15, -0.1) is 0 Å². The van der Waals surface area contributed by atoms with Gasteiger partial charge in [0.1, 0.15) is 22.5 Å². The number of carbonyl (C=O) groups excluding carboxylic acids is 3. The number of aromatic hydroxyl groups is 1. The molecule has 11 heteroatoms. The molecule has 0 radical (unpaired) electrons. The molecule has 3 rings (SSSR count). The normalized spacial score (nSPS) is 10.6. The summed E-state index contributed by atoms with van der Waals surface area (Å²) in [6, 6.07) is 6.46. The minimum Gasteiger partial charge on any atom is -0.504 e. The van der Waals surface area contributed by atoms with Crippen LogP contribution in [0.1, 0.15) is 20.8 Å². The van der Waals surface area contributed by atoms with Crippen LogP contribution < -0.4 is 24.4 Å². The topological polar surface area (TPSA) is 148 Å². The Morgan fingerprint density at radius 2 is 1.56 bits per heavy atom. The molecule has 3 aromatic rings. The summed E-state index contributed by atoms with van der Waals surface area (Å²) in [5, 5.41) is 10.1. The van der Waals surface area contributed by atoms with Gasteiger partial charge < -0.3 is 33.2 Å². The first-order valence-electron chi connectivity index (χ1n) is 9.76. The van der Waals surface area contributed by atoms with E-state index < -0.39 is 34.8 Å². The van der Waals surface area contributed by atoms with Crippen LogP contribution in [0, 0.1) is 0 Å². The predicted octanol–water partition coefficient (Wildman–Crippen LogP) is 2.92. The highest BCUT2D eigenvalue weighted by Crippen LogP contribution is 2.39. The van der Waals surface area contributed by atoms with Crippen LogP contribution in [0.5, 0.6) is 28.7 Å². The van der Waals surface area contributed by atoms with Crippen LogP contribution in [-0.2, 0) is 19.1 Å². The lowest BCUT2D eigenvalue weighted by Crippen LogP contribution is -2.15. The molecule has 0 fully saturated rings. The van der Waals surface area contributed by atoms with Crippen molar-refractivity contribution in [2.75, 3.05) is 13.9 Å². The molecule has 1 heterocycles. The van der Waals surface area contributed by atoms with Gasteiger partial charge in [-0.2, -0.15) is 0 Å². The molecule has 0 spiro atoms. The summed E-state index contributed by atoms with van der Waals surface area (Å²) >= 11 is 0. The molecule has 34 heavy (non-hydrogen) atoms. The zero-order valence-electron chi connectivity index (χ0n) is 18.6. The second kappa shape index (κ2) is 10.0. The van der Waals surface area contributed by atoms with E-state index >= 15 is 0 Å². The summed E-state index contributed by atoms with van der Waals surface area (Å²) in [7, 11) is 1.41. The molecule has 0 saturated heterocycles. The maximum atomic E-state index is 13.4. The number of phenols is 1. The van der Waals surface area contributed by atoms with Gasteiger partial charge in [-0.1, -0.05) is 0 Å². The van der Waals surface area contributed by atoms with E-state index in [1.165, 1.54) is 38.3 Å². The smallest absolute Gasteiger partial charge is 0.308 e. The molecule has 2 aromatic carbocycles. The van der Waals surface area contributed by atoms with Crippen LogP contribution in [0.15, 0.2) is 39.5 Å². The molecule has 0 amide bonds. The average Bonchev–Trinajstić information content (AvgIpc) is 2.74. The largest absolute Gasteiger partial charge is 0.504 e. The minimum absolute atomic E-state index is 0.0655. The van der Waals surface area contributed by atoms with E-state index in [1.807, 2.05) is 0 Å². The fourth-order valence-electron chi connectivity index (χ4n) is 3.01. The third-order valence-corrected chi connectivity index (χ3v) is 4.21. The Kier molecular flexibility index (Phi) is 7.17. The second-order valence-electron chi connectivity index (χ2n) is 6.90. The number of esters is 3. The third kappa shape index (κ3) is 5.33. The molecule has 0 bridgehead atoms. The van der Waals surface area contributed by atoms with E-state index in [4.69, 9.17) is 28.1 Å². The number of fused-ring (bicyclic) bond motifs is 1. The van der Waals surface area contributed by atoms with Crippen molar-refractivity contribution in [1.82, 2.24) is 0 Å². The standard InChI is InChI=1S/C23H20O11/c1-11(24)31-17-6-5-14(7-16(17)27)22-23(33-13(3)26)21(28)20-18(32-12(2)25)8-15(30-10-29-4)9-19(20)34-22/h5-9,27H,10H2,1-4H3. The third-order valence-electron chi connectivity index (χ3n) is 4.21. The van der Waals surface area contributed by atoms with Crippen LogP contribution in [0.4, 0.5) is 0 Å². The number of ether oxygens (including phenoxy) is 5. The minimum atomic E-state index is -0.817. The lowest BCUT2D eigenvalue weighted by molar-refractivity contribution is -0.133. The van der Waals surface area contributed by atoms with Gasteiger partial charge >= 0.3 is 17.9 Å². The molecule has 0 aliphatic carbocycles. The lowest BCUT2D eigenvalue weighted by Gasteiger charge is -2.14. The Labute approximate surface area is 192 Å². The molecule has 1 aromatic heterocycles. The number of hydrogen-bond acceptors (Lipinski definition) is 11. The van der Waals surface area contributed by atoms with Gasteiger partial charge in [-0.3, -0.25) is 19.2 Å². The first kappa shape index (κ1) is 24.3. The monoisotopic (exact) mass is 472 g/mol. The van der Waals surface area contributed by atoms with Crippen LogP contribution >= 0.6 is 0 Å². The van der Waals surface area contributed by atoms with Gasteiger partial charge in [0.15, 0.2) is 24.1 Å². The van der Waals surface area contributed by atoms with E-state index in [1.54, 1.807) is 0 Å². The number of carbonyl (C=O) groups is 3. The molecule has 0 unspecified atom stereocenters. The van der Waals surface area contributed by atoms with Gasteiger partial charge in [-0.05, 0) is 18.2 Å². The van der Waals surface area contributed by atoms with Gasteiger partial charge in [0.2, 0.25) is 11.2 Å². The van der Waals surface area contributed by atoms with Crippen molar-refractivity contribution in [3.05, 3.63) is 40.6 Å². The van der Waals surface area contributed by atoms with Crippen LogP contribution in [0.25, 0.3) is 22.3 Å². The number of benzene rings is 2. The molecule has 178 valence electrons. The predicted molar refractivity (Wildman–Crippen MR) is 116 cm³/mol. The summed E-state index contributed by atoms with van der Waals surface area (Å²) in [5.41, 5.74) is -0.755. The fourth-order valence-corrected chi connectivity index (χ4v) is 3.01. The Balaban J connectivity index is 2.31. The Morgan fingerprint density at radius 3 is 2.15 bits per heavy atom. The van der Waals surface area contributed by atoms with Gasteiger partial charge in [0.05, 0.1) is 0 Å². The first-order valence-corrected chi connectivity index (χ1v) is 9.76. The molecule has 11 nitrogen and oxygen atoms in total. The number of hydrogen-bond donors (Lipinski definition) is 1. The van der Waals surface area contributed by atoms with E-state index in [0.717, 1.165) is 19.9 Å². The lowest BCUT2D eigenvalue weighted by atomic mass is 10.1. The van der Waals surface area contributed by atoms with E-state index in [2.05, 4.69) is 0 Å². The average molecular weight is 472 g/mol. The molecule has 1 N–H and O–H groups in total. The SMILES string of the molecule is COCOc1cc(OC(C)=O)c2c(=O)c(OC(C)=O)c(-c3ccc(OC(C)=O)c(O)c3)oc2c1. The number of rotatable bonds is 7. The first-order chi connectivity index (χ1) is 16.1. The fraction of sp³-hybridized carbons (Fsp3) is 0.217. The maximum Gasteiger partial charge on any atom is 0.308 e. The summed E-state index contributed by atoms with van der Waals surface area (Å²) in [4.78, 5) is 47.9. The number of methoxy groups -OCH3 is 1. The summed E-state index contributed by atoms with van der Waals surface area (Å²) < 4.78 is 31.3. The second-order valence-corrected chi connectivity index (χ2v) is 6.90. The molecule has 0 aliphatic rings. The van der Waals surface area contributed by atoms with Gasteiger partial charge in [0.25, 0.3) is 0 Å². The van der Waals surface area contributed by atoms with E-state index in [-0.39, 0.29) is 46.3 Å². The van der Waals surface area contributed by atoms with Crippen LogP contribution in [0.2, 0.25) is 0 Å². The van der Waals surface area contributed by atoms with E-state index in [0.29, 0.717) is 0 Å². The molecule has 0 atom stereocenters. The molecule has 0 aliphatic heterocycles. The Bertz CT molecular complexity index is 1340. The molecular formula is C23H20O11. The highest BCUT2D eigenvalue weighted by atomic mass is 16.7. The van der Waals surface area contributed by atoms with Crippen LogP contribution in [-0.4, -0.2) is 36.9 Å². The van der Waals surface area contributed by atoms with Crippen LogP contribution in [0.3, 0.4) is 0 Å². The Morgan fingerprint density at radius 1 is 0.912 bits per heavy atom. The number of phenolic OH excluding ortho intramolecular Hbond substituents is 1. The van der Waals surface area contributed by atoms with Crippen molar-refractivity contribution in [2.24, 2.45) is 0 Å². The summed E-state index contributed by atoms with van der Waals surface area (Å²) in [6.07, 6.45) is 0.